The molecular formula is C20H26N4O3Si. The molecule has 2 aromatic heterocycles. The minimum absolute atomic E-state index is 0.0618. The smallest absolute Gasteiger partial charge is 0.287 e. The van der Waals surface area contributed by atoms with Crippen molar-refractivity contribution in [3.05, 3.63) is 57.5 Å². The van der Waals surface area contributed by atoms with E-state index in [1.54, 1.807) is 6.07 Å². The molecule has 2 aromatic rings. The molecule has 3 heterocycles. The van der Waals surface area contributed by atoms with E-state index in [-0.39, 0.29) is 16.0 Å². The molecule has 1 atom stereocenters. The highest BCUT2D eigenvalue weighted by atomic mass is 28.3. The number of anilines is 1. The third kappa shape index (κ3) is 3.54. The van der Waals surface area contributed by atoms with Crippen LogP contribution < -0.4 is 4.90 Å². The van der Waals surface area contributed by atoms with Crippen LogP contribution >= 0.6 is 0 Å². The van der Waals surface area contributed by atoms with E-state index in [2.05, 4.69) is 40.6 Å². The van der Waals surface area contributed by atoms with E-state index in [0.29, 0.717) is 6.73 Å². The Hall–Kier alpha value is -2.32. The normalized spacial score (nSPS) is 20.5. The molecule has 148 valence electrons. The van der Waals surface area contributed by atoms with Gasteiger partial charge in [0.2, 0.25) is 0 Å². The summed E-state index contributed by atoms with van der Waals surface area (Å²) >= 11 is 0. The quantitative estimate of drug-likeness (QED) is 0.320. The molecule has 0 amide bonds. The lowest BCUT2D eigenvalue weighted by molar-refractivity contribution is -0.385. The highest BCUT2D eigenvalue weighted by Gasteiger charge is 2.48. The molecule has 8 heteroatoms. The third-order valence-corrected chi connectivity index (χ3v) is 7.39. The van der Waals surface area contributed by atoms with Gasteiger partial charge in [0.05, 0.1) is 4.92 Å². The predicted molar refractivity (Wildman–Crippen MR) is 111 cm³/mol. The van der Waals surface area contributed by atoms with Crippen LogP contribution in [-0.2, 0) is 23.0 Å². The zero-order valence-corrected chi connectivity index (χ0v) is 17.6. The molecule has 1 aliphatic heterocycles. The van der Waals surface area contributed by atoms with Crippen molar-refractivity contribution < 1.29 is 9.66 Å². The van der Waals surface area contributed by atoms with Crippen molar-refractivity contribution in [1.82, 2.24) is 9.97 Å². The van der Waals surface area contributed by atoms with Crippen molar-refractivity contribution in [2.75, 3.05) is 24.8 Å². The fourth-order valence-corrected chi connectivity index (χ4v) is 4.99. The van der Waals surface area contributed by atoms with Crippen molar-refractivity contribution in [3.63, 3.8) is 0 Å². The molecule has 1 spiro atoms. The van der Waals surface area contributed by atoms with Gasteiger partial charge in [0, 0.05) is 56.6 Å². The van der Waals surface area contributed by atoms with Crippen LogP contribution in [0.4, 0.5) is 11.5 Å². The molecule has 2 aliphatic rings. The van der Waals surface area contributed by atoms with E-state index < -0.39 is 8.07 Å². The van der Waals surface area contributed by atoms with Gasteiger partial charge < -0.3 is 9.64 Å². The van der Waals surface area contributed by atoms with Crippen molar-refractivity contribution in [2.45, 2.75) is 43.9 Å². The van der Waals surface area contributed by atoms with Crippen LogP contribution in [0.1, 0.15) is 16.8 Å². The number of ether oxygens (including phenoxy) is 1. The van der Waals surface area contributed by atoms with Gasteiger partial charge in [-0.1, -0.05) is 25.7 Å². The Balaban J connectivity index is 1.54. The first-order valence-electron chi connectivity index (χ1n) is 9.68. The van der Waals surface area contributed by atoms with Crippen LogP contribution in [0.3, 0.4) is 0 Å². The number of hydrogen-bond donors (Lipinski definition) is 0. The van der Waals surface area contributed by atoms with Gasteiger partial charge in [0.1, 0.15) is 18.7 Å². The van der Waals surface area contributed by atoms with Crippen molar-refractivity contribution in [2.24, 2.45) is 0 Å². The Bertz CT molecular complexity index is 915. The van der Waals surface area contributed by atoms with Crippen molar-refractivity contribution >= 4 is 19.6 Å². The van der Waals surface area contributed by atoms with Crippen LogP contribution in [0, 0.1) is 10.1 Å². The summed E-state index contributed by atoms with van der Waals surface area (Å²) in [5.74, 6) is 0.970. The summed E-state index contributed by atoms with van der Waals surface area (Å²) in [6.07, 6.45) is 4.72. The lowest BCUT2D eigenvalue weighted by Gasteiger charge is -2.25. The maximum absolute atomic E-state index is 11.1. The topological polar surface area (TPSA) is 81.4 Å². The molecule has 0 bridgehead atoms. The summed E-state index contributed by atoms with van der Waals surface area (Å²) in [5.41, 5.74) is 3.07. The SMILES string of the molecule is C[Si](C)(C)CCOCN1CC2(Cc3cc([N+](=O)[O-])cnc3C2)c2cccnc21. The van der Waals surface area contributed by atoms with E-state index in [0.717, 1.165) is 49.1 Å². The van der Waals surface area contributed by atoms with Crippen LogP contribution in [0.5, 0.6) is 0 Å². The minimum Gasteiger partial charge on any atom is -0.361 e. The van der Waals surface area contributed by atoms with Crippen LogP contribution in [0.2, 0.25) is 25.7 Å². The van der Waals surface area contributed by atoms with Gasteiger partial charge in [-0.15, -0.1) is 0 Å². The van der Waals surface area contributed by atoms with Gasteiger partial charge in [-0.2, -0.15) is 0 Å². The summed E-state index contributed by atoms with van der Waals surface area (Å²) in [6, 6.07) is 6.92. The molecule has 0 fully saturated rings. The second-order valence-corrected chi connectivity index (χ2v) is 14.7. The molecule has 1 aliphatic carbocycles. The van der Waals surface area contributed by atoms with Gasteiger partial charge in [0.25, 0.3) is 5.69 Å². The third-order valence-electron chi connectivity index (χ3n) is 5.69. The summed E-state index contributed by atoms with van der Waals surface area (Å²) < 4.78 is 6.00. The highest BCUT2D eigenvalue weighted by molar-refractivity contribution is 6.76. The Kier molecular flexibility index (Phi) is 4.71. The fourth-order valence-electron chi connectivity index (χ4n) is 4.24. The van der Waals surface area contributed by atoms with Gasteiger partial charge in [-0.3, -0.25) is 15.1 Å². The molecule has 0 radical (unpaired) electrons. The molecule has 0 aromatic carbocycles. The maximum Gasteiger partial charge on any atom is 0.287 e. The number of nitro groups is 1. The second-order valence-electron chi connectivity index (χ2n) is 9.11. The first-order chi connectivity index (χ1) is 13.3. The highest BCUT2D eigenvalue weighted by Crippen LogP contribution is 2.48. The summed E-state index contributed by atoms with van der Waals surface area (Å²) in [6.45, 7) is 9.14. The second kappa shape index (κ2) is 6.93. The lowest BCUT2D eigenvalue weighted by atomic mass is 9.80. The van der Waals surface area contributed by atoms with Crippen molar-refractivity contribution in [1.29, 1.82) is 0 Å². The molecule has 28 heavy (non-hydrogen) atoms. The Morgan fingerprint density at radius 3 is 2.89 bits per heavy atom. The number of rotatable bonds is 6. The molecule has 1 unspecified atom stereocenters. The van der Waals surface area contributed by atoms with E-state index in [4.69, 9.17) is 4.74 Å². The largest absolute Gasteiger partial charge is 0.361 e. The summed E-state index contributed by atoms with van der Waals surface area (Å²) in [7, 11) is -1.12. The molecule has 7 nitrogen and oxygen atoms in total. The van der Waals surface area contributed by atoms with Gasteiger partial charge in [-0.05, 0) is 24.1 Å². The monoisotopic (exact) mass is 398 g/mol. The maximum atomic E-state index is 11.1. The van der Waals surface area contributed by atoms with Crippen molar-refractivity contribution in [3.8, 4) is 0 Å². The van der Waals surface area contributed by atoms with E-state index in [9.17, 15) is 10.1 Å². The molecular weight excluding hydrogens is 372 g/mol. The average molecular weight is 399 g/mol. The summed E-state index contributed by atoms with van der Waals surface area (Å²) in [5, 5.41) is 11.1. The van der Waals surface area contributed by atoms with E-state index >= 15 is 0 Å². The van der Waals surface area contributed by atoms with Crippen LogP contribution in [0.25, 0.3) is 0 Å². The van der Waals surface area contributed by atoms with E-state index in [1.165, 1.54) is 11.8 Å². The number of fused-ring (bicyclic) bond motifs is 3. The lowest BCUT2D eigenvalue weighted by Crippen LogP contribution is -2.36. The molecule has 0 saturated carbocycles. The van der Waals surface area contributed by atoms with Gasteiger partial charge in [0.15, 0.2) is 0 Å². The van der Waals surface area contributed by atoms with Gasteiger partial charge in [-0.25, -0.2) is 4.98 Å². The predicted octanol–water partition coefficient (Wildman–Crippen LogP) is 3.55. The van der Waals surface area contributed by atoms with Crippen LogP contribution in [0.15, 0.2) is 30.6 Å². The zero-order valence-electron chi connectivity index (χ0n) is 16.6. The standard InChI is InChI=1S/C20H26N4O3Si/c1-28(2,3)8-7-27-14-23-13-20(17-5-4-6-21-19(17)23)10-15-9-16(24(25)26)12-22-18(15)11-20/h4-6,9,12H,7-8,10-11,13-14H2,1-3H3. The number of aromatic nitrogens is 2. The molecule has 0 N–H and O–H groups in total. The minimum atomic E-state index is -1.12. The average Bonchev–Trinajstić information content (AvgIpc) is 3.15. The molecule has 4 rings (SSSR count). The Morgan fingerprint density at radius 1 is 1.32 bits per heavy atom. The number of pyridine rings is 2. The Morgan fingerprint density at radius 2 is 2.14 bits per heavy atom. The Labute approximate surface area is 165 Å². The number of hydrogen-bond acceptors (Lipinski definition) is 6. The summed E-state index contributed by atoms with van der Waals surface area (Å²) in [4.78, 5) is 22.0. The van der Waals surface area contributed by atoms with Gasteiger partial charge >= 0.3 is 0 Å². The zero-order chi connectivity index (χ0) is 19.9. The first-order valence-corrected chi connectivity index (χ1v) is 13.4. The van der Waals surface area contributed by atoms with E-state index in [1.807, 2.05) is 12.3 Å². The number of nitrogens with zero attached hydrogens (tertiary/aromatic N) is 4. The first kappa shape index (κ1) is 19.0. The molecule has 0 saturated heterocycles. The van der Waals surface area contributed by atoms with Crippen LogP contribution in [-0.4, -0.2) is 42.8 Å². The fraction of sp³-hybridized carbons (Fsp3) is 0.500.